The van der Waals surface area contributed by atoms with E-state index in [1.165, 1.54) is 173 Å². The molecular formula is C50H82N2Ni-2. The zero-order valence-corrected chi connectivity index (χ0v) is 36.5. The summed E-state index contributed by atoms with van der Waals surface area (Å²) < 4.78 is 1.68. The second-order valence-corrected chi connectivity index (χ2v) is 16.2. The Hall–Kier alpha value is -1.99. The van der Waals surface area contributed by atoms with E-state index in [0.717, 1.165) is 62.8 Å². The zero-order valence-electron chi connectivity index (χ0n) is 37.5. The van der Waals surface area contributed by atoms with Crippen molar-refractivity contribution in [3.63, 3.8) is 0 Å². The standard InChI is InChI=1S/C50H80N2.Ni.2H/c1-7-13-19-22-24-26-31-43-35-41(29-16-10-4)37-45(39-43)49-47(33-18-12-6)48(34-28-21-15-9-3)50(52(49)51)46-38-42(30-17-11-5)36-44(40-46)32-27-25-23-20-14-8-2;;;/h35-40H,7-34H2,1-6H3;;;/q;;2*-1. The maximum Gasteiger partial charge on any atom is 0.211 e. The van der Waals surface area contributed by atoms with Crippen molar-refractivity contribution in [3.05, 3.63) is 86.5 Å². The van der Waals surface area contributed by atoms with E-state index >= 15 is 0 Å². The van der Waals surface area contributed by atoms with Crippen LogP contribution in [0.1, 0.15) is 232 Å². The van der Waals surface area contributed by atoms with Gasteiger partial charge in [0.15, 0.2) is 0 Å². The molecule has 1 heterocycles. The van der Waals surface area contributed by atoms with Gasteiger partial charge in [-0.1, -0.05) is 156 Å². The zero-order chi connectivity index (χ0) is 37.4. The summed E-state index contributed by atoms with van der Waals surface area (Å²) in [6, 6.07) is 14.7. The second-order valence-electron chi connectivity index (χ2n) is 16.2. The second kappa shape index (κ2) is 28.4. The van der Waals surface area contributed by atoms with Crippen LogP contribution < -0.4 is 0 Å². The molecule has 0 aliphatic carbocycles. The summed E-state index contributed by atoms with van der Waals surface area (Å²) in [7, 11) is 0. The molecule has 53 heavy (non-hydrogen) atoms. The Balaban J connectivity index is 0.00000972. The minimum Gasteiger partial charge on any atom is -1.00 e. The van der Waals surface area contributed by atoms with Gasteiger partial charge in [0.05, 0.1) is 0 Å². The summed E-state index contributed by atoms with van der Waals surface area (Å²) in [6.45, 7) is 13.8. The normalized spacial score (nSPS) is 13.1. The first-order valence-corrected chi connectivity index (χ1v) is 22.7. The molecule has 2 aromatic carbocycles. The van der Waals surface area contributed by atoms with Gasteiger partial charge in [-0.05, 0) is 124 Å². The van der Waals surface area contributed by atoms with Gasteiger partial charge >= 0.3 is 0 Å². The van der Waals surface area contributed by atoms with Gasteiger partial charge in [-0.2, -0.15) is 0 Å². The van der Waals surface area contributed by atoms with Gasteiger partial charge in [0.25, 0.3) is 0 Å². The van der Waals surface area contributed by atoms with E-state index in [1.807, 2.05) is 0 Å². The number of benzene rings is 2. The molecule has 2 aromatic rings. The molecule has 0 saturated heterocycles. The molecule has 1 aliphatic heterocycles. The number of unbranched alkanes of at least 4 members (excludes halogenated alkanes) is 16. The third-order valence-corrected chi connectivity index (χ3v) is 11.3. The molecule has 0 unspecified atom stereocenters. The number of allylic oxidation sites excluding steroid dienone is 2. The van der Waals surface area contributed by atoms with E-state index < -0.39 is 0 Å². The van der Waals surface area contributed by atoms with Gasteiger partial charge in [0.1, 0.15) is 0 Å². The molecule has 0 fully saturated rings. The largest absolute Gasteiger partial charge is 1.00 e. The van der Waals surface area contributed by atoms with E-state index in [2.05, 4.69) is 77.9 Å². The SMILES string of the molecule is CCCCCCCCc1cc(CCCC)cc(C2=C(CCCC)C(CCCCCC)=C(c3cc(CCCC)cc(CCCCCCCC)c3)[N+]2=[N-])c1.[H-].[H-].[Ni]. The number of hydrogen-bond donors (Lipinski definition) is 0. The van der Waals surface area contributed by atoms with Crippen molar-refractivity contribution in [2.45, 2.75) is 221 Å². The Morgan fingerprint density at radius 2 is 0.623 bits per heavy atom. The molecule has 2 nitrogen and oxygen atoms in total. The van der Waals surface area contributed by atoms with Crippen molar-refractivity contribution < 1.29 is 24.0 Å². The molecule has 0 spiro atoms. The van der Waals surface area contributed by atoms with Gasteiger partial charge in [-0.3, -0.25) is 0 Å². The molecule has 0 radical (unpaired) electrons. The average molecular weight is 770 g/mol. The third-order valence-electron chi connectivity index (χ3n) is 11.3. The molecule has 0 amide bonds. The molecule has 304 valence electrons. The van der Waals surface area contributed by atoms with E-state index in [4.69, 9.17) is 0 Å². The first kappa shape index (κ1) is 47.2. The minimum atomic E-state index is 0. The van der Waals surface area contributed by atoms with Gasteiger partial charge in [-0.15, -0.1) is 0 Å². The summed E-state index contributed by atoms with van der Waals surface area (Å²) >= 11 is 0. The Labute approximate surface area is 341 Å². The molecule has 0 bridgehead atoms. The van der Waals surface area contributed by atoms with E-state index in [0.29, 0.717) is 0 Å². The van der Waals surface area contributed by atoms with Crippen LogP contribution in [0.25, 0.3) is 16.9 Å². The molecule has 3 heteroatoms. The Morgan fingerprint density at radius 1 is 0.358 bits per heavy atom. The van der Waals surface area contributed by atoms with E-state index in [1.54, 1.807) is 4.70 Å². The van der Waals surface area contributed by atoms with Crippen molar-refractivity contribution in [3.8, 4) is 0 Å². The predicted molar refractivity (Wildman–Crippen MR) is 232 cm³/mol. The fourth-order valence-corrected chi connectivity index (χ4v) is 8.22. The summed E-state index contributed by atoms with van der Waals surface area (Å²) in [6.07, 6.45) is 34.5. The van der Waals surface area contributed by atoms with Crippen LogP contribution >= 0.6 is 0 Å². The summed E-state index contributed by atoms with van der Waals surface area (Å²) in [5, 5.41) is 0. The van der Waals surface area contributed by atoms with Crippen molar-refractivity contribution in [2.24, 2.45) is 0 Å². The molecule has 0 saturated carbocycles. The molecule has 0 atom stereocenters. The van der Waals surface area contributed by atoms with Crippen LogP contribution in [0.4, 0.5) is 0 Å². The number of hydrogen-bond acceptors (Lipinski definition) is 0. The Bertz CT molecular complexity index is 1390. The van der Waals surface area contributed by atoms with Crippen molar-refractivity contribution in [2.75, 3.05) is 0 Å². The van der Waals surface area contributed by atoms with Gasteiger partial charge in [0.2, 0.25) is 11.4 Å². The van der Waals surface area contributed by atoms with Crippen LogP contribution in [0, 0.1) is 0 Å². The fourth-order valence-electron chi connectivity index (χ4n) is 8.22. The topological polar surface area (TPSA) is 25.3 Å². The summed E-state index contributed by atoms with van der Waals surface area (Å²) in [4.78, 5) is 0. The molecule has 0 aromatic heterocycles. The quantitative estimate of drug-likeness (QED) is 0.0430. The van der Waals surface area contributed by atoms with Gasteiger partial charge in [-0.25, -0.2) is 4.70 Å². The molecular weight excluding hydrogens is 687 g/mol. The maximum atomic E-state index is 12.6. The Kier molecular flexibility index (Phi) is 25.3. The van der Waals surface area contributed by atoms with Crippen molar-refractivity contribution >= 4 is 11.4 Å². The smallest absolute Gasteiger partial charge is 0.211 e. The van der Waals surface area contributed by atoms with Crippen LogP contribution in [0.2, 0.25) is 0 Å². The number of aryl methyl sites for hydroxylation is 4. The summed E-state index contributed by atoms with van der Waals surface area (Å²) in [5.41, 5.74) is 25.9. The first-order valence-electron chi connectivity index (χ1n) is 22.7. The van der Waals surface area contributed by atoms with E-state index in [9.17, 15) is 5.53 Å². The van der Waals surface area contributed by atoms with Crippen LogP contribution in [0.5, 0.6) is 0 Å². The third kappa shape index (κ3) is 16.3. The van der Waals surface area contributed by atoms with Crippen molar-refractivity contribution in [1.82, 2.24) is 0 Å². The minimum absolute atomic E-state index is 0. The van der Waals surface area contributed by atoms with Crippen LogP contribution in [-0.4, -0.2) is 4.70 Å². The maximum absolute atomic E-state index is 12.6. The fraction of sp³-hybridized carbons (Fsp3) is 0.680. The first-order chi connectivity index (χ1) is 25.5. The number of rotatable bonds is 30. The van der Waals surface area contributed by atoms with Gasteiger partial charge in [0, 0.05) is 38.8 Å². The molecule has 0 N–H and O–H groups in total. The predicted octanol–water partition coefficient (Wildman–Crippen LogP) is 16.7. The molecule has 1 aliphatic rings. The van der Waals surface area contributed by atoms with E-state index in [-0.39, 0.29) is 19.3 Å². The summed E-state index contributed by atoms with van der Waals surface area (Å²) in [5.74, 6) is 0. The number of nitrogens with zero attached hydrogens (tertiary/aromatic N) is 2. The van der Waals surface area contributed by atoms with Crippen LogP contribution in [0.3, 0.4) is 0 Å². The molecule has 3 rings (SSSR count). The van der Waals surface area contributed by atoms with Gasteiger partial charge < -0.3 is 8.38 Å². The van der Waals surface area contributed by atoms with Crippen LogP contribution in [0.15, 0.2) is 47.5 Å². The Morgan fingerprint density at radius 3 is 1.00 bits per heavy atom. The monoisotopic (exact) mass is 769 g/mol. The van der Waals surface area contributed by atoms with Crippen molar-refractivity contribution in [1.29, 1.82) is 0 Å². The van der Waals surface area contributed by atoms with Crippen LogP contribution in [-0.2, 0) is 42.2 Å². The average Bonchev–Trinajstić information content (AvgIpc) is 3.43.